The van der Waals surface area contributed by atoms with Crippen molar-refractivity contribution >= 4 is 16.9 Å². The topological polar surface area (TPSA) is 37.3 Å². The molecule has 13 heavy (non-hydrogen) atoms. The normalized spacial score (nSPS) is 10.1. The van der Waals surface area contributed by atoms with Gasteiger partial charge in [-0.15, -0.1) is 0 Å². The third-order valence-corrected chi connectivity index (χ3v) is 2.38. The number of hydrogen-bond donors (Lipinski definition) is 1. The molecule has 0 amide bonds. The molecule has 1 aromatic rings. The molecule has 0 radical (unpaired) electrons. The van der Waals surface area contributed by atoms with Crippen LogP contribution in [0.15, 0.2) is 12.1 Å². The number of phenolic OH excluding ortho intramolecular Hbond substituents is 1. The van der Waals surface area contributed by atoms with Gasteiger partial charge < -0.3 is 5.11 Å². The molecule has 70 valence electrons. The summed E-state index contributed by atoms with van der Waals surface area (Å²) in [6.07, 6.45) is 1.64. The van der Waals surface area contributed by atoms with Crippen LogP contribution >= 0.6 is 11.8 Å². The molecule has 0 spiro atoms. The summed E-state index contributed by atoms with van der Waals surface area (Å²) in [5.74, 6) is -1.14. The van der Waals surface area contributed by atoms with Gasteiger partial charge in [0.2, 0.25) is 5.12 Å². The Kier molecular flexibility index (Phi) is 2.93. The van der Waals surface area contributed by atoms with Crippen molar-refractivity contribution in [3.63, 3.8) is 0 Å². The molecule has 0 aliphatic carbocycles. The molecule has 0 fully saturated rings. The van der Waals surface area contributed by atoms with Crippen molar-refractivity contribution in [1.29, 1.82) is 0 Å². The van der Waals surface area contributed by atoms with Crippen molar-refractivity contribution in [2.75, 3.05) is 6.26 Å². The molecule has 0 atom stereocenters. The number of carbonyl (C=O) groups is 1. The van der Waals surface area contributed by atoms with E-state index in [9.17, 15) is 14.3 Å². The van der Waals surface area contributed by atoms with E-state index in [0.29, 0.717) is 11.1 Å². The molecule has 0 bridgehead atoms. The monoisotopic (exact) mass is 200 g/mol. The minimum absolute atomic E-state index is 0.173. The third-order valence-electron chi connectivity index (χ3n) is 1.79. The number of hydrogen-bond acceptors (Lipinski definition) is 3. The zero-order valence-corrected chi connectivity index (χ0v) is 8.11. The van der Waals surface area contributed by atoms with Gasteiger partial charge in [0.25, 0.3) is 0 Å². The minimum Gasteiger partial charge on any atom is -0.505 e. The second kappa shape index (κ2) is 3.79. The van der Waals surface area contributed by atoms with Gasteiger partial charge in [0.1, 0.15) is 0 Å². The van der Waals surface area contributed by atoms with E-state index in [1.165, 1.54) is 13.0 Å². The van der Waals surface area contributed by atoms with Gasteiger partial charge in [-0.05, 0) is 25.3 Å². The number of benzene rings is 1. The summed E-state index contributed by atoms with van der Waals surface area (Å²) in [7, 11) is 0. The molecule has 1 N–H and O–H groups in total. The SMILES string of the molecule is CSC(=O)c1ccc(F)c(O)c1C. The van der Waals surface area contributed by atoms with Crippen molar-refractivity contribution in [2.45, 2.75) is 6.92 Å². The van der Waals surface area contributed by atoms with Gasteiger partial charge in [0.15, 0.2) is 11.6 Å². The first-order chi connectivity index (χ1) is 6.07. The first-order valence-electron chi connectivity index (χ1n) is 3.64. The first kappa shape index (κ1) is 10.1. The Hall–Kier alpha value is -1.03. The summed E-state index contributed by atoms with van der Waals surface area (Å²) < 4.78 is 12.8. The highest BCUT2D eigenvalue weighted by Crippen LogP contribution is 2.25. The van der Waals surface area contributed by atoms with Gasteiger partial charge in [0.05, 0.1) is 0 Å². The molecule has 1 aromatic carbocycles. The van der Waals surface area contributed by atoms with E-state index in [-0.39, 0.29) is 5.12 Å². The van der Waals surface area contributed by atoms with E-state index in [2.05, 4.69) is 0 Å². The first-order valence-corrected chi connectivity index (χ1v) is 4.86. The lowest BCUT2D eigenvalue weighted by molar-refractivity contribution is 0.108. The predicted molar refractivity (Wildman–Crippen MR) is 50.6 cm³/mol. The van der Waals surface area contributed by atoms with E-state index in [4.69, 9.17) is 0 Å². The van der Waals surface area contributed by atoms with Crippen molar-refractivity contribution in [1.82, 2.24) is 0 Å². The summed E-state index contributed by atoms with van der Waals surface area (Å²) in [4.78, 5) is 11.2. The average Bonchev–Trinajstić information content (AvgIpc) is 2.13. The van der Waals surface area contributed by atoms with Crippen molar-refractivity contribution in [3.05, 3.63) is 29.1 Å². The largest absolute Gasteiger partial charge is 0.505 e. The molecule has 2 nitrogen and oxygen atoms in total. The van der Waals surface area contributed by atoms with Crippen LogP contribution in [0.4, 0.5) is 4.39 Å². The smallest absolute Gasteiger partial charge is 0.219 e. The molecule has 4 heteroatoms. The molecule has 1 rings (SSSR count). The zero-order valence-electron chi connectivity index (χ0n) is 7.30. The van der Waals surface area contributed by atoms with E-state index in [1.54, 1.807) is 6.26 Å². The second-order valence-corrected chi connectivity index (χ2v) is 3.34. The molecule has 0 saturated heterocycles. The fourth-order valence-corrected chi connectivity index (χ4v) is 1.44. The highest BCUT2D eigenvalue weighted by atomic mass is 32.2. The lowest BCUT2D eigenvalue weighted by Crippen LogP contribution is -1.97. The summed E-state index contributed by atoms with van der Waals surface area (Å²) >= 11 is 1.03. The highest BCUT2D eigenvalue weighted by Gasteiger charge is 2.13. The number of rotatable bonds is 1. The van der Waals surface area contributed by atoms with Crippen LogP contribution in [0.2, 0.25) is 0 Å². The quantitative estimate of drug-likeness (QED) is 0.756. The number of phenols is 1. The van der Waals surface area contributed by atoms with E-state index in [0.717, 1.165) is 17.8 Å². The summed E-state index contributed by atoms with van der Waals surface area (Å²) in [6, 6.07) is 2.47. The zero-order chi connectivity index (χ0) is 10.0. The Morgan fingerprint density at radius 2 is 2.15 bits per heavy atom. The van der Waals surface area contributed by atoms with Crippen LogP contribution in [0, 0.1) is 12.7 Å². The summed E-state index contributed by atoms with van der Waals surface area (Å²) in [6.45, 7) is 1.52. The number of carbonyl (C=O) groups excluding carboxylic acids is 1. The predicted octanol–water partition coefficient (Wildman–Crippen LogP) is 2.34. The molecular formula is C9H9FO2S. The number of thioether (sulfide) groups is 1. The minimum atomic E-state index is -0.699. The molecule has 0 saturated carbocycles. The van der Waals surface area contributed by atoms with E-state index in [1.807, 2.05) is 0 Å². The van der Waals surface area contributed by atoms with Gasteiger partial charge in [-0.1, -0.05) is 11.8 Å². The summed E-state index contributed by atoms with van der Waals surface area (Å²) in [5.41, 5.74) is 0.644. The van der Waals surface area contributed by atoms with Crippen LogP contribution in [0.3, 0.4) is 0 Å². The van der Waals surface area contributed by atoms with Crippen LogP contribution in [0.1, 0.15) is 15.9 Å². The van der Waals surface area contributed by atoms with Gasteiger partial charge in [-0.3, -0.25) is 4.79 Å². The lowest BCUT2D eigenvalue weighted by Gasteiger charge is -2.05. The van der Waals surface area contributed by atoms with Gasteiger partial charge in [-0.2, -0.15) is 0 Å². The molecule has 0 unspecified atom stereocenters. The maximum absolute atomic E-state index is 12.8. The van der Waals surface area contributed by atoms with Crippen LogP contribution in [-0.4, -0.2) is 16.5 Å². The molecule has 0 aromatic heterocycles. The Morgan fingerprint density at radius 3 is 2.69 bits per heavy atom. The Labute approximate surface area is 79.8 Å². The maximum atomic E-state index is 12.8. The Balaban J connectivity index is 3.26. The van der Waals surface area contributed by atoms with Gasteiger partial charge in [-0.25, -0.2) is 4.39 Å². The second-order valence-electron chi connectivity index (χ2n) is 2.56. The number of aromatic hydroxyl groups is 1. The van der Waals surface area contributed by atoms with Crippen LogP contribution in [0.5, 0.6) is 5.75 Å². The fraction of sp³-hybridized carbons (Fsp3) is 0.222. The molecule has 0 aliphatic rings. The average molecular weight is 200 g/mol. The fourth-order valence-electron chi connectivity index (χ4n) is 0.998. The summed E-state index contributed by atoms with van der Waals surface area (Å²) in [5, 5.41) is 9.02. The van der Waals surface area contributed by atoms with Crippen LogP contribution in [-0.2, 0) is 0 Å². The maximum Gasteiger partial charge on any atom is 0.219 e. The Morgan fingerprint density at radius 1 is 1.54 bits per heavy atom. The molecular weight excluding hydrogens is 191 g/mol. The van der Waals surface area contributed by atoms with Crippen molar-refractivity contribution < 1.29 is 14.3 Å². The standard InChI is InChI=1S/C9H9FO2S/c1-5-6(9(12)13-2)3-4-7(10)8(5)11/h3-4,11H,1-2H3. The van der Waals surface area contributed by atoms with Crippen LogP contribution in [0.25, 0.3) is 0 Å². The Bertz CT molecular complexity index is 350. The number of halogens is 1. The van der Waals surface area contributed by atoms with Crippen LogP contribution < -0.4 is 0 Å². The van der Waals surface area contributed by atoms with Gasteiger partial charge >= 0.3 is 0 Å². The van der Waals surface area contributed by atoms with E-state index >= 15 is 0 Å². The van der Waals surface area contributed by atoms with Crippen molar-refractivity contribution in [2.24, 2.45) is 0 Å². The van der Waals surface area contributed by atoms with Crippen molar-refractivity contribution in [3.8, 4) is 5.75 Å². The third kappa shape index (κ3) is 1.83. The molecule has 0 heterocycles. The van der Waals surface area contributed by atoms with E-state index < -0.39 is 11.6 Å². The highest BCUT2D eigenvalue weighted by molar-refractivity contribution is 8.13. The van der Waals surface area contributed by atoms with Gasteiger partial charge in [0, 0.05) is 11.1 Å². The lowest BCUT2D eigenvalue weighted by atomic mass is 10.1. The molecule has 0 aliphatic heterocycles.